The van der Waals surface area contributed by atoms with E-state index >= 15 is 0 Å². The van der Waals surface area contributed by atoms with E-state index in [2.05, 4.69) is 30.8 Å². The van der Waals surface area contributed by atoms with Gasteiger partial charge in [-0.3, -0.25) is 0 Å². The maximum absolute atomic E-state index is 9.82. The van der Waals surface area contributed by atoms with Crippen LogP contribution in [0.3, 0.4) is 0 Å². The van der Waals surface area contributed by atoms with Crippen LogP contribution in [0.2, 0.25) is 0 Å². The normalized spacial score (nSPS) is 15.8. The van der Waals surface area contributed by atoms with Crippen LogP contribution in [0, 0.1) is 0 Å². The van der Waals surface area contributed by atoms with Crippen molar-refractivity contribution in [2.45, 2.75) is 32.3 Å². The minimum absolute atomic E-state index is 0.336. The van der Waals surface area contributed by atoms with Crippen LogP contribution in [0.1, 0.15) is 26.7 Å². The van der Waals surface area contributed by atoms with Gasteiger partial charge < -0.3 is 20.6 Å². The molecule has 0 aliphatic heterocycles. The second kappa shape index (κ2) is 8.01. The van der Waals surface area contributed by atoms with Crippen molar-refractivity contribution in [3.63, 3.8) is 0 Å². The number of nitrogens with zero attached hydrogens (tertiary/aromatic N) is 2. The maximum Gasteiger partial charge on any atom is 0.0753 e. The van der Waals surface area contributed by atoms with Gasteiger partial charge in [0, 0.05) is 13.1 Å². The van der Waals surface area contributed by atoms with Gasteiger partial charge in [0.2, 0.25) is 0 Å². The third kappa shape index (κ3) is 8.05. The zero-order valence-electron chi connectivity index (χ0n) is 11.4. The van der Waals surface area contributed by atoms with Crippen LogP contribution in [0.15, 0.2) is 0 Å². The zero-order valence-corrected chi connectivity index (χ0v) is 11.4. The lowest BCUT2D eigenvalue weighted by Crippen LogP contribution is -2.39. The molecule has 0 aliphatic rings. The Morgan fingerprint density at radius 2 is 1.81 bits per heavy atom. The Balaban J connectivity index is 3.75. The van der Waals surface area contributed by atoms with E-state index in [0.29, 0.717) is 6.54 Å². The van der Waals surface area contributed by atoms with E-state index in [4.69, 9.17) is 5.73 Å². The van der Waals surface area contributed by atoms with Gasteiger partial charge in [-0.25, -0.2) is 0 Å². The summed E-state index contributed by atoms with van der Waals surface area (Å²) in [5, 5.41) is 9.82. The van der Waals surface area contributed by atoms with Gasteiger partial charge in [0.25, 0.3) is 0 Å². The molecule has 1 atom stereocenters. The van der Waals surface area contributed by atoms with Gasteiger partial charge in [-0.1, -0.05) is 6.92 Å². The fraction of sp³-hybridized carbons (Fsp3) is 1.00. The van der Waals surface area contributed by atoms with Crippen molar-refractivity contribution in [3.05, 3.63) is 0 Å². The van der Waals surface area contributed by atoms with Crippen molar-refractivity contribution in [2.24, 2.45) is 5.73 Å². The summed E-state index contributed by atoms with van der Waals surface area (Å²) in [5.74, 6) is 0. The third-order valence-corrected chi connectivity index (χ3v) is 2.93. The standard InChI is InChI=1S/C12H29N3O/c1-5-15(9-6-8-14(3)4)10-7-12(2,16)11-13/h16H,5-11,13H2,1-4H3. The molecule has 0 aromatic rings. The summed E-state index contributed by atoms with van der Waals surface area (Å²) in [6.07, 6.45) is 1.92. The fourth-order valence-electron chi connectivity index (χ4n) is 1.54. The van der Waals surface area contributed by atoms with Crippen LogP contribution in [0.25, 0.3) is 0 Å². The first-order chi connectivity index (χ1) is 7.41. The number of hydrogen-bond acceptors (Lipinski definition) is 4. The van der Waals surface area contributed by atoms with E-state index in [1.54, 1.807) is 6.92 Å². The predicted molar refractivity (Wildman–Crippen MR) is 69.6 cm³/mol. The SMILES string of the molecule is CCN(CCCN(C)C)CCC(C)(O)CN. The lowest BCUT2D eigenvalue weighted by molar-refractivity contribution is 0.0479. The predicted octanol–water partition coefficient (Wildman–Crippen LogP) is 0.360. The Morgan fingerprint density at radius 1 is 1.19 bits per heavy atom. The molecule has 0 aromatic heterocycles. The van der Waals surface area contributed by atoms with E-state index in [-0.39, 0.29) is 0 Å². The van der Waals surface area contributed by atoms with Gasteiger partial charge in [0.1, 0.15) is 0 Å². The van der Waals surface area contributed by atoms with E-state index in [1.165, 1.54) is 6.42 Å². The molecule has 0 radical (unpaired) electrons. The number of aliphatic hydroxyl groups is 1. The van der Waals surface area contributed by atoms with Gasteiger partial charge >= 0.3 is 0 Å². The highest BCUT2D eigenvalue weighted by Crippen LogP contribution is 2.08. The molecular formula is C12H29N3O. The molecule has 3 N–H and O–H groups in total. The minimum Gasteiger partial charge on any atom is -0.389 e. The average Bonchev–Trinajstić information content (AvgIpc) is 2.22. The lowest BCUT2D eigenvalue weighted by atomic mass is 10.0. The van der Waals surface area contributed by atoms with Crippen LogP contribution in [0.5, 0.6) is 0 Å². The Kier molecular flexibility index (Phi) is 7.93. The number of hydrogen-bond donors (Lipinski definition) is 2. The minimum atomic E-state index is -0.713. The largest absolute Gasteiger partial charge is 0.389 e. The highest BCUT2D eigenvalue weighted by atomic mass is 16.3. The van der Waals surface area contributed by atoms with E-state index in [1.807, 2.05) is 0 Å². The quantitative estimate of drug-likeness (QED) is 0.601. The first-order valence-electron chi connectivity index (χ1n) is 6.21. The molecule has 1 unspecified atom stereocenters. The van der Waals surface area contributed by atoms with Crippen LogP contribution in [0.4, 0.5) is 0 Å². The molecule has 98 valence electrons. The summed E-state index contributed by atoms with van der Waals surface area (Å²) < 4.78 is 0. The van der Waals surface area contributed by atoms with Crippen LogP contribution >= 0.6 is 0 Å². The molecule has 0 aromatic carbocycles. The molecule has 0 amide bonds. The smallest absolute Gasteiger partial charge is 0.0753 e. The summed E-state index contributed by atoms with van der Waals surface area (Å²) in [6, 6.07) is 0. The van der Waals surface area contributed by atoms with Crippen molar-refractivity contribution < 1.29 is 5.11 Å². The van der Waals surface area contributed by atoms with Crippen molar-refractivity contribution in [1.82, 2.24) is 9.80 Å². The van der Waals surface area contributed by atoms with Crippen molar-refractivity contribution in [1.29, 1.82) is 0 Å². The summed E-state index contributed by atoms with van der Waals surface area (Å²) in [7, 11) is 4.19. The van der Waals surface area contributed by atoms with Gasteiger partial charge in [0.05, 0.1) is 5.60 Å². The molecule has 0 bridgehead atoms. The Hall–Kier alpha value is -0.160. The van der Waals surface area contributed by atoms with Crippen LogP contribution < -0.4 is 5.73 Å². The molecule has 0 aliphatic carbocycles. The second-order valence-electron chi connectivity index (χ2n) is 5.04. The first-order valence-corrected chi connectivity index (χ1v) is 6.21. The lowest BCUT2D eigenvalue weighted by Gasteiger charge is -2.27. The molecule has 0 heterocycles. The zero-order chi connectivity index (χ0) is 12.6. The number of rotatable bonds is 9. The molecule has 0 fully saturated rings. The van der Waals surface area contributed by atoms with E-state index in [9.17, 15) is 5.11 Å². The Bertz CT molecular complexity index is 172. The molecule has 4 nitrogen and oxygen atoms in total. The van der Waals surface area contributed by atoms with Crippen molar-refractivity contribution in [2.75, 3.05) is 46.8 Å². The van der Waals surface area contributed by atoms with Crippen LogP contribution in [-0.2, 0) is 0 Å². The van der Waals surface area contributed by atoms with Crippen LogP contribution in [-0.4, -0.2) is 67.3 Å². The average molecular weight is 231 g/mol. The molecule has 4 heteroatoms. The van der Waals surface area contributed by atoms with Crippen molar-refractivity contribution >= 4 is 0 Å². The summed E-state index contributed by atoms with van der Waals surface area (Å²) in [6.45, 7) is 8.47. The van der Waals surface area contributed by atoms with E-state index < -0.39 is 5.60 Å². The summed E-state index contributed by atoms with van der Waals surface area (Å²) in [5.41, 5.74) is 4.79. The Morgan fingerprint density at radius 3 is 2.25 bits per heavy atom. The van der Waals surface area contributed by atoms with Gasteiger partial charge in [-0.2, -0.15) is 0 Å². The monoisotopic (exact) mass is 231 g/mol. The number of nitrogens with two attached hydrogens (primary N) is 1. The van der Waals surface area contributed by atoms with E-state index in [0.717, 1.165) is 32.6 Å². The summed E-state index contributed by atoms with van der Waals surface area (Å²) >= 11 is 0. The maximum atomic E-state index is 9.82. The molecule has 0 spiro atoms. The van der Waals surface area contributed by atoms with Gasteiger partial charge in [-0.15, -0.1) is 0 Å². The summed E-state index contributed by atoms with van der Waals surface area (Å²) in [4.78, 5) is 4.57. The molecule has 0 rings (SSSR count). The molecular weight excluding hydrogens is 202 g/mol. The first kappa shape index (κ1) is 15.8. The van der Waals surface area contributed by atoms with Gasteiger partial charge in [-0.05, 0) is 53.5 Å². The molecule has 0 saturated heterocycles. The fourth-order valence-corrected chi connectivity index (χ4v) is 1.54. The van der Waals surface area contributed by atoms with Crippen molar-refractivity contribution in [3.8, 4) is 0 Å². The molecule has 16 heavy (non-hydrogen) atoms. The highest BCUT2D eigenvalue weighted by molar-refractivity contribution is 4.75. The van der Waals surface area contributed by atoms with Gasteiger partial charge in [0.15, 0.2) is 0 Å². The molecule has 0 saturated carbocycles. The Labute approximate surface area is 100 Å². The topological polar surface area (TPSA) is 52.7 Å². The highest BCUT2D eigenvalue weighted by Gasteiger charge is 2.18. The third-order valence-electron chi connectivity index (χ3n) is 2.93. The second-order valence-corrected chi connectivity index (χ2v) is 5.04.